The lowest BCUT2D eigenvalue weighted by Gasteiger charge is -2.11. The SMILES string of the molecule is CNCCNC(=O)C(C)SCc1ccccc1.Cl. The van der Waals surface area contributed by atoms with Gasteiger partial charge in [-0.1, -0.05) is 30.3 Å². The smallest absolute Gasteiger partial charge is 0.232 e. The Bertz CT molecular complexity index is 335. The third-order valence-corrected chi connectivity index (χ3v) is 3.60. The zero-order valence-electron chi connectivity index (χ0n) is 10.8. The van der Waals surface area contributed by atoms with Gasteiger partial charge in [0.2, 0.25) is 5.91 Å². The van der Waals surface area contributed by atoms with Gasteiger partial charge < -0.3 is 10.6 Å². The lowest BCUT2D eigenvalue weighted by molar-refractivity contribution is -0.120. The van der Waals surface area contributed by atoms with Gasteiger partial charge in [0.05, 0.1) is 5.25 Å². The molecule has 0 radical (unpaired) electrons. The molecule has 102 valence electrons. The topological polar surface area (TPSA) is 41.1 Å². The molecule has 1 atom stereocenters. The van der Waals surface area contributed by atoms with Crippen molar-refractivity contribution in [2.24, 2.45) is 0 Å². The molecule has 0 aliphatic heterocycles. The van der Waals surface area contributed by atoms with Crippen molar-refractivity contribution in [2.75, 3.05) is 20.1 Å². The van der Waals surface area contributed by atoms with Crippen LogP contribution < -0.4 is 10.6 Å². The van der Waals surface area contributed by atoms with Gasteiger partial charge in [0.1, 0.15) is 0 Å². The number of rotatable bonds is 7. The monoisotopic (exact) mass is 288 g/mol. The van der Waals surface area contributed by atoms with Gasteiger partial charge in [0.25, 0.3) is 0 Å². The van der Waals surface area contributed by atoms with Crippen molar-refractivity contribution < 1.29 is 4.79 Å². The molecule has 1 unspecified atom stereocenters. The van der Waals surface area contributed by atoms with Crippen LogP contribution in [0.3, 0.4) is 0 Å². The Morgan fingerprint density at radius 3 is 2.56 bits per heavy atom. The molecule has 0 aliphatic carbocycles. The molecule has 0 aromatic heterocycles. The van der Waals surface area contributed by atoms with Crippen LogP contribution in [0.5, 0.6) is 0 Å². The first kappa shape index (κ1) is 17.3. The minimum atomic E-state index is -0.00735. The van der Waals surface area contributed by atoms with E-state index >= 15 is 0 Å². The Balaban J connectivity index is 0.00000289. The summed E-state index contributed by atoms with van der Waals surface area (Å²) in [6.45, 7) is 3.44. The van der Waals surface area contributed by atoms with Gasteiger partial charge in [0.15, 0.2) is 0 Å². The molecule has 1 aromatic rings. The number of thioether (sulfide) groups is 1. The lowest BCUT2D eigenvalue weighted by atomic mass is 10.2. The van der Waals surface area contributed by atoms with E-state index in [4.69, 9.17) is 0 Å². The minimum Gasteiger partial charge on any atom is -0.354 e. The van der Waals surface area contributed by atoms with E-state index in [2.05, 4.69) is 22.8 Å². The largest absolute Gasteiger partial charge is 0.354 e. The van der Waals surface area contributed by atoms with Crippen molar-refractivity contribution in [1.29, 1.82) is 0 Å². The van der Waals surface area contributed by atoms with E-state index in [0.29, 0.717) is 6.54 Å². The summed E-state index contributed by atoms with van der Waals surface area (Å²) in [5, 5.41) is 5.89. The second kappa shape index (κ2) is 10.2. The molecule has 1 aromatic carbocycles. The minimum absolute atomic E-state index is 0. The van der Waals surface area contributed by atoms with Gasteiger partial charge in [-0.05, 0) is 19.5 Å². The van der Waals surface area contributed by atoms with E-state index in [1.165, 1.54) is 5.56 Å². The summed E-state index contributed by atoms with van der Waals surface area (Å²) >= 11 is 1.66. The molecule has 5 heteroatoms. The number of carbonyl (C=O) groups excluding carboxylic acids is 1. The third kappa shape index (κ3) is 6.89. The summed E-state index contributed by atoms with van der Waals surface area (Å²) in [7, 11) is 1.87. The first-order valence-corrected chi connectivity index (χ1v) is 6.86. The Kier molecular flexibility index (Phi) is 9.83. The maximum absolute atomic E-state index is 11.7. The fourth-order valence-electron chi connectivity index (χ4n) is 1.33. The average Bonchev–Trinajstić information content (AvgIpc) is 2.37. The standard InChI is InChI=1S/C13H20N2OS.ClH/c1-11(13(16)15-9-8-14-2)17-10-12-6-4-3-5-7-12;/h3-7,11,14H,8-10H2,1-2H3,(H,15,16);1H. The summed E-state index contributed by atoms with van der Waals surface area (Å²) in [4.78, 5) is 11.7. The normalized spacial score (nSPS) is 11.4. The molecule has 0 saturated heterocycles. The van der Waals surface area contributed by atoms with Gasteiger partial charge in [-0.2, -0.15) is 0 Å². The Morgan fingerprint density at radius 1 is 1.28 bits per heavy atom. The zero-order valence-corrected chi connectivity index (χ0v) is 12.4. The van der Waals surface area contributed by atoms with E-state index in [9.17, 15) is 4.79 Å². The molecule has 0 saturated carbocycles. The quantitative estimate of drug-likeness (QED) is 0.755. The number of likely N-dealkylation sites (N-methyl/N-ethyl adjacent to an activating group) is 1. The highest BCUT2D eigenvalue weighted by atomic mass is 35.5. The van der Waals surface area contributed by atoms with Crippen molar-refractivity contribution in [3.8, 4) is 0 Å². The molecule has 0 spiro atoms. The molecule has 0 heterocycles. The van der Waals surface area contributed by atoms with Crippen LogP contribution in [0, 0.1) is 0 Å². The molecule has 2 N–H and O–H groups in total. The van der Waals surface area contributed by atoms with Gasteiger partial charge in [0, 0.05) is 18.8 Å². The third-order valence-electron chi connectivity index (χ3n) is 2.39. The number of benzene rings is 1. The highest BCUT2D eigenvalue weighted by Gasteiger charge is 2.12. The Hall–Kier alpha value is -0.710. The van der Waals surface area contributed by atoms with Gasteiger partial charge in [-0.3, -0.25) is 4.79 Å². The first-order valence-electron chi connectivity index (χ1n) is 5.82. The highest BCUT2D eigenvalue weighted by Crippen LogP contribution is 2.17. The number of nitrogens with one attached hydrogen (secondary N) is 2. The van der Waals surface area contributed by atoms with Crippen molar-refractivity contribution >= 4 is 30.1 Å². The Labute approximate surface area is 120 Å². The number of hydrogen-bond acceptors (Lipinski definition) is 3. The number of hydrogen-bond donors (Lipinski definition) is 2. The summed E-state index contributed by atoms with van der Waals surface area (Å²) in [5.74, 6) is 0.989. The molecule has 0 fully saturated rings. The van der Waals surface area contributed by atoms with Gasteiger partial charge in [-0.25, -0.2) is 0 Å². The fraction of sp³-hybridized carbons (Fsp3) is 0.462. The summed E-state index contributed by atoms with van der Waals surface area (Å²) in [6, 6.07) is 10.2. The second-order valence-electron chi connectivity index (χ2n) is 3.83. The van der Waals surface area contributed by atoms with Crippen molar-refractivity contribution in [3.05, 3.63) is 35.9 Å². The van der Waals surface area contributed by atoms with Crippen molar-refractivity contribution in [2.45, 2.75) is 17.9 Å². The van der Waals surface area contributed by atoms with Crippen molar-refractivity contribution in [3.63, 3.8) is 0 Å². The van der Waals surface area contributed by atoms with E-state index in [0.717, 1.165) is 12.3 Å². The summed E-state index contributed by atoms with van der Waals surface area (Å²) in [6.07, 6.45) is 0. The van der Waals surface area contributed by atoms with Crippen molar-refractivity contribution in [1.82, 2.24) is 10.6 Å². The molecular weight excluding hydrogens is 268 g/mol. The van der Waals surface area contributed by atoms with Crippen LogP contribution >= 0.6 is 24.2 Å². The number of carbonyl (C=O) groups is 1. The predicted octanol–water partition coefficient (Wildman–Crippen LogP) is 2.07. The Morgan fingerprint density at radius 2 is 1.94 bits per heavy atom. The average molecular weight is 289 g/mol. The van der Waals surface area contributed by atoms with Crippen LogP contribution in [0.4, 0.5) is 0 Å². The maximum Gasteiger partial charge on any atom is 0.232 e. The molecule has 1 amide bonds. The summed E-state index contributed by atoms with van der Waals surface area (Å²) in [5.41, 5.74) is 1.26. The molecule has 18 heavy (non-hydrogen) atoms. The fourth-order valence-corrected chi connectivity index (χ4v) is 2.20. The van der Waals surface area contributed by atoms with Crippen LogP contribution in [0.1, 0.15) is 12.5 Å². The van der Waals surface area contributed by atoms with E-state index in [-0.39, 0.29) is 23.6 Å². The molecule has 0 aliphatic rings. The van der Waals surface area contributed by atoms with E-state index < -0.39 is 0 Å². The number of amides is 1. The zero-order chi connectivity index (χ0) is 12.5. The van der Waals surface area contributed by atoms with Crippen LogP contribution in [-0.4, -0.2) is 31.3 Å². The maximum atomic E-state index is 11.7. The molecule has 0 bridgehead atoms. The molecule has 1 rings (SSSR count). The van der Waals surface area contributed by atoms with E-state index in [1.54, 1.807) is 11.8 Å². The van der Waals surface area contributed by atoms with Gasteiger partial charge >= 0.3 is 0 Å². The van der Waals surface area contributed by atoms with Crippen LogP contribution in [0.25, 0.3) is 0 Å². The molecular formula is C13H21ClN2OS. The lowest BCUT2D eigenvalue weighted by Crippen LogP contribution is -2.35. The van der Waals surface area contributed by atoms with E-state index in [1.807, 2.05) is 32.2 Å². The van der Waals surface area contributed by atoms with Crippen LogP contribution in [0.2, 0.25) is 0 Å². The predicted molar refractivity (Wildman–Crippen MR) is 81.4 cm³/mol. The summed E-state index contributed by atoms with van der Waals surface area (Å²) < 4.78 is 0. The second-order valence-corrected chi connectivity index (χ2v) is 5.16. The van der Waals surface area contributed by atoms with Crippen LogP contribution in [-0.2, 0) is 10.5 Å². The number of halogens is 1. The van der Waals surface area contributed by atoms with Crippen LogP contribution in [0.15, 0.2) is 30.3 Å². The van der Waals surface area contributed by atoms with Gasteiger partial charge in [-0.15, -0.1) is 24.2 Å². The molecule has 3 nitrogen and oxygen atoms in total. The highest BCUT2D eigenvalue weighted by molar-refractivity contribution is 7.99. The first-order chi connectivity index (χ1) is 8.24.